The summed E-state index contributed by atoms with van der Waals surface area (Å²) >= 11 is 0. The Kier molecular flexibility index (Phi) is 6.67. The maximum Gasteiger partial charge on any atom is 0.179 e. The molecule has 0 aliphatic heterocycles. The van der Waals surface area contributed by atoms with E-state index in [0.29, 0.717) is 17.9 Å². The highest BCUT2D eigenvalue weighted by Gasteiger charge is 2.19. The second-order valence-corrected chi connectivity index (χ2v) is 6.51. The van der Waals surface area contributed by atoms with Gasteiger partial charge in [-0.25, -0.2) is 0 Å². The second kappa shape index (κ2) is 7.76. The fraction of sp³-hybridized carbons (Fsp3) is 0.600. The molecule has 2 nitrogen and oxygen atoms in total. The summed E-state index contributed by atoms with van der Waals surface area (Å²) in [6.07, 6.45) is 3.24. The van der Waals surface area contributed by atoms with Gasteiger partial charge in [-0.2, -0.15) is 0 Å². The molecule has 0 fully saturated rings. The molecule has 1 rings (SSSR count). The molecule has 0 N–H and O–H groups in total. The van der Waals surface area contributed by atoms with Crippen LogP contribution in [0, 0.1) is 5.41 Å². The van der Waals surface area contributed by atoms with Crippen LogP contribution in [0.3, 0.4) is 0 Å². The highest BCUT2D eigenvalue weighted by Crippen LogP contribution is 2.34. The Labute approximate surface area is 112 Å². The van der Waals surface area contributed by atoms with Crippen molar-refractivity contribution in [2.24, 2.45) is 5.41 Å². The minimum absolute atomic E-state index is 0.325. The molecule has 1 aromatic rings. The predicted molar refractivity (Wildman–Crippen MR) is 78.8 cm³/mol. The first-order valence-corrected chi connectivity index (χ1v) is 7.57. The molecule has 0 amide bonds. The Balaban J connectivity index is 2.61. The largest absolute Gasteiger partial charge is 0.332 e. The van der Waals surface area contributed by atoms with E-state index in [1.54, 1.807) is 0 Å². The molecular weight excluding hydrogens is 243 g/mol. The smallest absolute Gasteiger partial charge is 0.179 e. The summed E-state index contributed by atoms with van der Waals surface area (Å²) in [6.45, 7) is 7.45. The monoisotopic (exact) mass is 268 g/mol. The van der Waals surface area contributed by atoms with Crippen molar-refractivity contribution < 1.29 is 9.09 Å². The molecule has 0 saturated carbocycles. The lowest BCUT2D eigenvalue weighted by Gasteiger charge is -2.26. The highest BCUT2D eigenvalue weighted by atomic mass is 31.1. The maximum absolute atomic E-state index is 10.3. The van der Waals surface area contributed by atoms with Crippen LogP contribution in [-0.4, -0.2) is 6.61 Å². The van der Waals surface area contributed by atoms with Crippen molar-refractivity contribution in [1.82, 2.24) is 0 Å². The van der Waals surface area contributed by atoms with E-state index in [4.69, 9.17) is 4.52 Å². The van der Waals surface area contributed by atoms with Gasteiger partial charge in [0.1, 0.15) is 0 Å². The molecule has 3 heteroatoms. The normalized spacial score (nSPS) is 14.2. The van der Waals surface area contributed by atoms with Gasteiger partial charge in [0.25, 0.3) is 0 Å². The summed E-state index contributed by atoms with van der Waals surface area (Å²) in [7, 11) is -1.05. The van der Waals surface area contributed by atoms with E-state index in [-0.39, 0.29) is 0 Å². The summed E-state index contributed by atoms with van der Waals surface area (Å²) < 4.78 is 15.3. The van der Waals surface area contributed by atoms with Gasteiger partial charge in [-0.1, -0.05) is 51.1 Å². The van der Waals surface area contributed by atoms with Crippen LogP contribution in [0.25, 0.3) is 0 Å². The lowest BCUT2D eigenvalue weighted by atomic mass is 9.79. The van der Waals surface area contributed by atoms with Crippen LogP contribution in [0.2, 0.25) is 0 Å². The van der Waals surface area contributed by atoms with Crippen molar-refractivity contribution in [2.75, 3.05) is 6.61 Å². The third-order valence-corrected chi connectivity index (χ3v) is 3.38. The number of rotatable bonds is 7. The van der Waals surface area contributed by atoms with E-state index in [0.717, 1.165) is 12.8 Å². The maximum atomic E-state index is 10.3. The molecule has 2 atom stereocenters. The van der Waals surface area contributed by atoms with Crippen LogP contribution in [0.5, 0.6) is 0 Å². The van der Waals surface area contributed by atoms with E-state index in [1.165, 1.54) is 12.0 Å². The molecule has 2 unspecified atom stereocenters. The standard InChI is InChI=1S/C15H25O2P/c1-15(2,3)12-14(10-7-11-17-18-16)13-8-5-4-6-9-13/h4-6,8-9,14H,7,10-12,18H2,1-3H3. The first kappa shape index (κ1) is 15.5. The summed E-state index contributed by atoms with van der Waals surface area (Å²) in [5.41, 5.74) is 1.73. The molecule has 18 heavy (non-hydrogen) atoms. The zero-order valence-corrected chi connectivity index (χ0v) is 12.8. The van der Waals surface area contributed by atoms with Gasteiger partial charge < -0.3 is 4.52 Å². The van der Waals surface area contributed by atoms with E-state index < -0.39 is 8.69 Å². The average Bonchev–Trinajstić information content (AvgIpc) is 2.33. The van der Waals surface area contributed by atoms with Crippen molar-refractivity contribution in [2.45, 2.75) is 46.0 Å². The molecule has 0 bridgehead atoms. The molecule has 0 aliphatic carbocycles. The fourth-order valence-corrected chi connectivity index (χ4v) is 2.58. The van der Waals surface area contributed by atoms with Gasteiger partial charge in [-0.05, 0) is 36.2 Å². The van der Waals surface area contributed by atoms with Crippen LogP contribution in [0.1, 0.15) is 51.5 Å². The zero-order valence-electron chi connectivity index (χ0n) is 11.7. The van der Waals surface area contributed by atoms with Crippen molar-refractivity contribution >= 4 is 8.69 Å². The third kappa shape index (κ3) is 6.37. The van der Waals surface area contributed by atoms with Crippen LogP contribution < -0.4 is 0 Å². The predicted octanol–water partition coefficient (Wildman–Crippen LogP) is 4.67. The molecular formula is C15H25O2P. The first-order valence-electron chi connectivity index (χ1n) is 6.63. The number of benzene rings is 1. The second-order valence-electron chi connectivity index (χ2n) is 5.98. The molecule has 1 aromatic carbocycles. The highest BCUT2D eigenvalue weighted by molar-refractivity contribution is 7.17. The van der Waals surface area contributed by atoms with Crippen molar-refractivity contribution in [1.29, 1.82) is 0 Å². The van der Waals surface area contributed by atoms with Gasteiger partial charge >= 0.3 is 0 Å². The van der Waals surface area contributed by atoms with Gasteiger partial charge in [0, 0.05) is 0 Å². The Morgan fingerprint density at radius 1 is 1.22 bits per heavy atom. The Hall–Kier alpha value is -0.590. The van der Waals surface area contributed by atoms with E-state index in [2.05, 4.69) is 51.1 Å². The molecule has 0 saturated heterocycles. The van der Waals surface area contributed by atoms with E-state index in [9.17, 15) is 4.57 Å². The van der Waals surface area contributed by atoms with Gasteiger partial charge in [-0.3, -0.25) is 4.57 Å². The fourth-order valence-electron chi connectivity index (χ4n) is 2.31. The topological polar surface area (TPSA) is 26.3 Å². The van der Waals surface area contributed by atoms with E-state index >= 15 is 0 Å². The Morgan fingerprint density at radius 2 is 1.89 bits per heavy atom. The summed E-state index contributed by atoms with van der Waals surface area (Å²) in [5.74, 6) is 0.566. The third-order valence-electron chi connectivity index (χ3n) is 3.01. The van der Waals surface area contributed by atoms with Crippen LogP contribution in [0.4, 0.5) is 0 Å². The van der Waals surface area contributed by atoms with Crippen molar-refractivity contribution in [3.63, 3.8) is 0 Å². The van der Waals surface area contributed by atoms with Crippen LogP contribution in [-0.2, 0) is 9.09 Å². The average molecular weight is 268 g/mol. The van der Waals surface area contributed by atoms with Crippen LogP contribution >= 0.6 is 8.69 Å². The summed E-state index contributed by atoms with van der Waals surface area (Å²) in [5, 5.41) is 0. The molecule has 0 aliphatic rings. The quantitative estimate of drug-likeness (QED) is 0.530. The number of hydrogen-bond acceptors (Lipinski definition) is 2. The lowest BCUT2D eigenvalue weighted by Crippen LogP contribution is -2.12. The molecule has 102 valence electrons. The van der Waals surface area contributed by atoms with Gasteiger partial charge in [0.05, 0.1) is 6.61 Å². The van der Waals surface area contributed by atoms with Gasteiger partial charge in [-0.15, -0.1) is 0 Å². The molecule has 0 heterocycles. The molecule has 0 spiro atoms. The number of hydrogen-bond donors (Lipinski definition) is 0. The Bertz CT molecular complexity index is 343. The minimum Gasteiger partial charge on any atom is -0.332 e. The van der Waals surface area contributed by atoms with Gasteiger partial charge in [0.15, 0.2) is 8.69 Å². The molecule has 0 aromatic heterocycles. The molecule has 0 radical (unpaired) electrons. The zero-order chi connectivity index (χ0) is 13.4. The van der Waals surface area contributed by atoms with Gasteiger partial charge in [0.2, 0.25) is 0 Å². The SMILES string of the molecule is CC(C)(C)CC(CCCO[PH2]=O)c1ccccc1. The van der Waals surface area contributed by atoms with Crippen LogP contribution in [0.15, 0.2) is 30.3 Å². The summed E-state index contributed by atoms with van der Waals surface area (Å²) in [4.78, 5) is 0. The summed E-state index contributed by atoms with van der Waals surface area (Å²) in [6, 6.07) is 10.7. The minimum atomic E-state index is -1.05. The van der Waals surface area contributed by atoms with Crippen molar-refractivity contribution in [3.8, 4) is 0 Å². The Morgan fingerprint density at radius 3 is 2.44 bits per heavy atom. The van der Waals surface area contributed by atoms with Crippen molar-refractivity contribution in [3.05, 3.63) is 35.9 Å². The van der Waals surface area contributed by atoms with E-state index in [1.807, 2.05) is 0 Å². The lowest BCUT2D eigenvalue weighted by molar-refractivity contribution is 0.294. The first-order chi connectivity index (χ1) is 8.53.